The molecule has 1 saturated heterocycles. The van der Waals surface area contributed by atoms with Crippen molar-refractivity contribution in [2.45, 2.75) is 25.5 Å². The van der Waals surface area contributed by atoms with Crippen molar-refractivity contribution in [3.63, 3.8) is 0 Å². The van der Waals surface area contributed by atoms with Gasteiger partial charge in [-0.1, -0.05) is 24.3 Å². The lowest BCUT2D eigenvalue weighted by molar-refractivity contribution is -0.908. The molecule has 2 heterocycles. The summed E-state index contributed by atoms with van der Waals surface area (Å²) < 4.78 is 5.75. The van der Waals surface area contributed by atoms with Crippen molar-refractivity contribution >= 4 is 22.9 Å². The molecule has 0 aliphatic carbocycles. The van der Waals surface area contributed by atoms with Gasteiger partial charge in [-0.3, -0.25) is 4.79 Å². The number of carbonyl (C=O) groups is 1. The average molecular weight is 331 g/mol. The number of hydrogen-bond donors (Lipinski definition) is 2. The number of amides is 1. The fourth-order valence-corrected chi connectivity index (χ4v) is 3.72. The van der Waals surface area contributed by atoms with Gasteiger partial charge < -0.3 is 15.0 Å². The lowest BCUT2D eigenvalue weighted by Crippen LogP contribution is -3.12. The molecule has 23 heavy (non-hydrogen) atoms. The smallest absolute Gasteiger partial charge is 0.279 e. The van der Waals surface area contributed by atoms with Crippen LogP contribution in [0.4, 0.5) is 5.69 Å². The van der Waals surface area contributed by atoms with E-state index in [1.54, 1.807) is 11.3 Å². The lowest BCUT2D eigenvalue weighted by atomic mass is 10.2. The highest BCUT2D eigenvalue weighted by Gasteiger charge is 2.24. The zero-order valence-electron chi connectivity index (χ0n) is 13.2. The van der Waals surface area contributed by atoms with Gasteiger partial charge in [-0.05, 0) is 36.4 Å². The zero-order valence-corrected chi connectivity index (χ0v) is 14.0. The van der Waals surface area contributed by atoms with Crippen molar-refractivity contribution in [3.05, 3.63) is 52.7 Å². The van der Waals surface area contributed by atoms with E-state index in [4.69, 9.17) is 4.74 Å². The molecule has 122 valence electrons. The Labute approximate surface area is 141 Å². The number of carbonyl (C=O) groups excluding carboxylic acids is 1. The predicted octanol–water partition coefficient (Wildman–Crippen LogP) is 1.95. The second kappa shape index (κ2) is 8.24. The third-order valence-corrected chi connectivity index (χ3v) is 4.89. The Kier molecular flexibility index (Phi) is 5.80. The Bertz CT molecular complexity index is 595. The number of para-hydroxylation sites is 1. The van der Waals surface area contributed by atoms with Gasteiger partial charge in [0.2, 0.25) is 0 Å². The summed E-state index contributed by atoms with van der Waals surface area (Å²) in [6.07, 6.45) is 2.52. The van der Waals surface area contributed by atoms with E-state index < -0.39 is 0 Å². The van der Waals surface area contributed by atoms with Gasteiger partial charge in [-0.15, -0.1) is 11.3 Å². The minimum absolute atomic E-state index is 0.0563. The molecule has 1 amide bonds. The zero-order chi connectivity index (χ0) is 15.9. The molecule has 2 aromatic rings. The molecule has 3 rings (SSSR count). The van der Waals surface area contributed by atoms with Gasteiger partial charge in [0.05, 0.1) is 4.88 Å². The molecule has 0 saturated carbocycles. The van der Waals surface area contributed by atoms with Gasteiger partial charge in [0.25, 0.3) is 5.91 Å². The van der Waals surface area contributed by atoms with Gasteiger partial charge in [0.15, 0.2) is 6.54 Å². The Morgan fingerprint density at radius 2 is 2.13 bits per heavy atom. The minimum atomic E-state index is 0.0563. The number of ether oxygens (including phenoxy) is 1. The third-order valence-electron chi connectivity index (χ3n) is 4.01. The fraction of sp³-hybridized carbons (Fsp3) is 0.389. The first-order valence-electron chi connectivity index (χ1n) is 8.12. The number of thiophene rings is 1. The van der Waals surface area contributed by atoms with Crippen molar-refractivity contribution in [1.29, 1.82) is 0 Å². The van der Waals surface area contributed by atoms with Crippen LogP contribution in [0.1, 0.15) is 17.7 Å². The van der Waals surface area contributed by atoms with Crippen molar-refractivity contribution in [1.82, 2.24) is 0 Å². The quantitative estimate of drug-likeness (QED) is 0.814. The molecule has 2 N–H and O–H groups in total. The Morgan fingerprint density at radius 1 is 1.26 bits per heavy atom. The van der Waals surface area contributed by atoms with Gasteiger partial charge >= 0.3 is 0 Å². The first kappa shape index (κ1) is 16.2. The van der Waals surface area contributed by atoms with Gasteiger partial charge in [0.1, 0.15) is 19.2 Å². The van der Waals surface area contributed by atoms with E-state index >= 15 is 0 Å². The number of hydrogen-bond acceptors (Lipinski definition) is 3. The maximum Gasteiger partial charge on any atom is 0.279 e. The topological polar surface area (TPSA) is 42.8 Å². The standard InChI is InChI=1S/C18H22N2O2S/c21-18(19-15-6-2-1-3-7-15)14-20(12-16-8-4-10-22-16)13-17-9-5-11-23-17/h1-3,5-7,9,11,16H,4,8,10,12-14H2,(H,19,21)/p+1/t16-/m0/s1. The SMILES string of the molecule is O=C(C[NH+](Cc1cccs1)C[C@@H]1CCCO1)Nc1ccccc1. The second-order valence-electron chi connectivity index (χ2n) is 5.94. The number of benzene rings is 1. The van der Waals surface area contributed by atoms with Crippen LogP contribution in [0.5, 0.6) is 0 Å². The monoisotopic (exact) mass is 331 g/mol. The molecule has 2 atom stereocenters. The summed E-state index contributed by atoms with van der Waals surface area (Å²) >= 11 is 1.75. The largest absolute Gasteiger partial charge is 0.372 e. The van der Waals surface area contributed by atoms with E-state index in [0.717, 1.165) is 38.2 Å². The summed E-state index contributed by atoms with van der Waals surface area (Å²) in [7, 11) is 0. The van der Waals surface area contributed by atoms with Gasteiger partial charge in [-0.2, -0.15) is 0 Å². The first-order chi connectivity index (χ1) is 11.3. The van der Waals surface area contributed by atoms with Crippen LogP contribution in [0.25, 0.3) is 0 Å². The lowest BCUT2D eigenvalue weighted by Gasteiger charge is -2.21. The molecular formula is C18H23N2O2S+. The van der Waals surface area contributed by atoms with Crippen molar-refractivity contribution < 1.29 is 14.4 Å². The van der Waals surface area contributed by atoms with E-state index in [1.807, 2.05) is 30.3 Å². The first-order valence-corrected chi connectivity index (χ1v) is 9.00. The summed E-state index contributed by atoms with van der Waals surface area (Å²) in [5.74, 6) is 0.0563. The summed E-state index contributed by atoms with van der Waals surface area (Å²) in [4.78, 5) is 14.9. The second-order valence-corrected chi connectivity index (χ2v) is 6.97. The van der Waals surface area contributed by atoms with Crippen LogP contribution in [-0.2, 0) is 16.1 Å². The molecule has 0 spiro atoms. The van der Waals surface area contributed by atoms with E-state index in [0.29, 0.717) is 6.54 Å². The van der Waals surface area contributed by atoms with Crippen LogP contribution in [0.2, 0.25) is 0 Å². The number of quaternary nitrogens is 1. The number of anilines is 1. The third kappa shape index (κ3) is 5.16. The summed E-state index contributed by atoms with van der Waals surface area (Å²) in [6, 6.07) is 13.8. The molecule has 1 aromatic heterocycles. The van der Waals surface area contributed by atoms with Crippen LogP contribution in [0.15, 0.2) is 47.8 Å². The average Bonchev–Trinajstić information content (AvgIpc) is 3.22. The number of nitrogens with one attached hydrogen (secondary N) is 2. The predicted molar refractivity (Wildman–Crippen MR) is 92.8 cm³/mol. The Balaban J connectivity index is 1.58. The normalized spacial score (nSPS) is 18.7. The number of rotatable bonds is 7. The molecular weight excluding hydrogens is 308 g/mol. The van der Waals surface area contributed by atoms with Crippen molar-refractivity contribution in [2.24, 2.45) is 0 Å². The molecule has 0 bridgehead atoms. The molecule has 5 heteroatoms. The molecule has 0 radical (unpaired) electrons. The van der Waals surface area contributed by atoms with Crippen LogP contribution in [0.3, 0.4) is 0 Å². The fourth-order valence-electron chi connectivity index (χ4n) is 2.95. The highest BCUT2D eigenvalue weighted by atomic mass is 32.1. The van der Waals surface area contributed by atoms with Crippen molar-refractivity contribution in [3.8, 4) is 0 Å². The van der Waals surface area contributed by atoms with E-state index in [-0.39, 0.29) is 12.0 Å². The van der Waals surface area contributed by atoms with E-state index in [9.17, 15) is 4.79 Å². The maximum atomic E-state index is 12.4. The summed E-state index contributed by atoms with van der Waals surface area (Å²) in [5.41, 5.74) is 0.852. The molecule has 1 fully saturated rings. The summed E-state index contributed by atoms with van der Waals surface area (Å²) in [5, 5.41) is 5.07. The van der Waals surface area contributed by atoms with Gasteiger partial charge in [-0.25, -0.2) is 0 Å². The Hall–Kier alpha value is -1.69. The van der Waals surface area contributed by atoms with Crippen LogP contribution < -0.4 is 10.2 Å². The van der Waals surface area contributed by atoms with Gasteiger partial charge in [0, 0.05) is 12.3 Å². The highest BCUT2D eigenvalue weighted by Crippen LogP contribution is 2.11. The minimum Gasteiger partial charge on any atom is -0.372 e. The van der Waals surface area contributed by atoms with Crippen molar-refractivity contribution in [2.75, 3.05) is 25.0 Å². The highest BCUT2D eigenvalue weighted by molar-refractivity contribution is 7.09. The maximum absolute atomic E-state index is 12.4. The summed E-state index contributed by atoms with van der Waals surface area (Å²) in [6.45, 7) is 3.08. The molecule has 1 unspecified atom stereocenters. The van der Waals surface area contributed by atoms with Crippen LogP contribution >= 0.6 is 11.3 Å². The molecule has 1 aromatic carbocycles. The van der Waals surface area contributed by atoms with E-state index in [1.165, 1.54) is 9.78 Å². The van der Waals surface area contributed by atoms with Crippen LogP contribution in [-0.4, -0.2) is 31.7 Å². The van der Waals surface area contributed by atoms with E-state index in [2.05, 4.69) is 22.8 Å². The Morgan fingerprint density at radius 3 is 2.83 bits per heavy atom. The molecule has 1 aliphatic heterocycles. The molecule has 4 nitrogen and oxygen atoms in total. The molecule has 1 aliphatic rings. The van der Waals surface area contributed by atoms with Crippen LogP contribution in [0, 0.1) is 0 Å².